The molecule has 18 heavy (non-hydrogen) atoms. The molecule has 1 aromatic heterocycles. The number of hydrogen-bond acceptors (Lipinski definition) is 5. The Labute approximate surface area is 107 Å². The van der Waals surface area contributed by atoms with Crippen LogP contribution in [0.3, 0.4) is 0 Å². The highest BCUT2D eigenvalue weighted by Crippen LogP contribution is 2.27. The Hall–Kier alpha value is -2.39. The molecular weight excluding hydrogens is 252 g/mol. The molecule has 2 rings (SSSR count). The number of nitrogens with zero attached hydrogens (tertiary/aromatic N) is 2. The number of ether oxygens (including phenoxy) is 1. The van der Waals surface area contributed by atoms with E-state index in [1.807, 2.05) is 6.07 Å². The maximum Gasteiger partial charge on any atom is 0.365 e. The average molecular weight is 260 g/mol. The molecule has 5 nitrogen and oxygen atoms in total. The molecule has 0 aliphatic heterocycles. The molecule has 6 heteroatoms. The van der Waals surface area contributed by atoms with Gasteiger partial charge in [0.2, 0.25) is 5.01 Å². The molecule has 0 bridgehead atoms. The van der Waals surface area contributed by atoms with Gasteiger partial charge in [0.25, 0.3) is 0 Å². The summed E-state index contributed by atoms with van der Waals surface area (Å²) >= 11 is 1.05. The van der Waals surface area contributed by atoms with E-state index in [0.717, 1.165) is 11.3 Å². The van der Waals surface area contributed by atoms with E-state index in [0.29, 0.717) is 22.6 Å². The number of nitriles is 1. The molecular formula is C12H8N2O3S. The zero-order valence-electron chi connectivity index (χ0n) is 9.38. The summed E-state index contributed by atoms with van der Waals surface area (Å²) in [6.07, 6.45) is 0. The molecule has 0 fully saturated rings. The summed E-state index contributed by atoms with van der Waals surface area (Å²) < 4.78 is 5.04. The average Bonchev–Trinajstić information content (AvgIpc) is 2.87. The van der Waals surface area contributed by atoms with E-state index in [1.54, 1.807) is 23.6 Å². The number of methoxy groups -OCH3 is 1. The van der Waals surface area contributed by atoms with Gasteiger partial charge in [-0.05, 0) is 18.2 Å². The SMILES string of the molecule is COc1ccc(-c2csc(C(=O)O)n2)cc1C#N. The number of carbonyl (C=O) groups is 1. The molecule has 1 N–H and O–H groups in total. The summed E-state index contributed by atoms with van der Waals surface area (Å²) in [6.45, 7) is 0. The van der Waals surface area contributed by atoms with E-state index in [-0.39, 0.29) is 5.01 Å². The van der Waals surface area contributed by atoms with E-state index in [2.05, 4.69) is 4.98 Å². The van der Waals surface area contributed by atoms with Crippen molar-refractivity contribution >= 4 is 17.3 Å². The minimum Gasteiger partial charge on any atom is -0.495 e. The van der Waals surface area contributed by atoms with Gasteiger partial charge in [0.05, 0.1) is 18.4 Å². The molecule has 1 heterocycles. The standard InChI is InChI=1S/C12H8N2O3S/c1-17-10-3-2-7(4-8(10)5-13)9-6-18-11(14-9)12(15)16/h2-4,6H,1H3,(H,15,16). The summed E-state index contributed by atoms with van der Waals surface area (Å²) in [5, 5.41) is 19.4. The van der Waals surface area contributed by atoms with Crippen molar-refractivity contribution in [1.29, 1.82) is 5.26 Å². The highest BCUT2D eigenvalue weighted by atomic mass is 32.1. The number of aromatic nitrogens is 1. The molecule has 0 spiro atoms. The molecule has 1 aromatic carbocycles. The Kier molecular flexibility index (Phi) is 3.26. The molecule has 0 atom stereocenters. The van der Waals surface area contributed by atoms with Gasteiger partial charge in [-0.25, -0.2) is 9.78 Å². The van der Waals surface area contributed by atoms with E-state index in [4.69, 9.17) is 15.1 Å². The second-order valence-electron chi connectivity index (χ2n) is 3.37. The first-order valence-electron chi connectivity index (χ1n) is 4.93. The van der Waals surface area contributed by atoms with Crippen molar-refractivity contribution in [3.8, 4) is 23.1 Å². The first kappa shape index (κ1) is 12.1. The Morgan fingerprint density at radius 3 is 2.89 bits per heavy atom. The zero-order valence-corrected chi connectivity index (χ0v) is 10.2. The first-order valence-corrected chi connectivity index (χ1v) is 5.81. The number of carboxylic acids is 1. The summed E-state index contributed by atoms with van der Waals surface area (Å²) in [6, 6.07) is 7.04. The lowest BCUT2D eigenvalue weighted by molar-refractivity contribution is 0.0696. The van der Waals surface area contributed by atoms with Crippen molar-refractivity contribution in [2.24, 2.45) is 0 Å². The van der Waals surface area contributed by atoms with Crippen molar-refractivity contribution in [2.75, 3.05) is 7.11 Å². The van der Waals surface area contributed by atoms with Crippen LogP contribution in [0.4, 0.5) is 0 Å². The summed E-state index contributed by atoms with van der Waals surface area (Å²) in [5.74, 6) is -0.574. The fourth-order valence-electron chi connectivity index (χ4n) is 1.46. The van der Waals surface area contributed by atoms with Gasteiger partial charge in [0.15, 0.2) is 0 Å². The van der Waals surface area contributed by atoms with Crippen LogP contribution < -0.4 is 4.74 Å². The minimum absolute atomic E-state index is 0.0272. The van der Waals surface area contributed by atoms with Crippen LogP contribution >= 0.6 is 11.3 Å². The lowest BCUT2D eigenvalue weighted by Gasteiger charge is -2.03. The predicted molar refractivity (Wildman–Crippen MR) is 65.8 cm³/mol. The van der Waals surface area contributed by atoms with Crippen molar-refractivity contribution < 1.29 is 14.6 Å². The highest BCUT2D eigenvalue weighted by molar-refractivity contribution is 7.11. The third kappa shape index (κ3) is 2.17. The second kappa shape index (κ2) is 4.85. The van der Waals surface area contributed by atoms with Gasteiger partial charge in [0.1, 0.15) is 11.8 Å². The normalized spacial score (nSPS) is 9.78. The van der Waals surface area contributed by atoms with E-state index in [1.165, 1.54) is 7.11 Å². The molecule has 0 aliphatic carbocycles. The van der Waals surface area contributed by atoms with Gasteiger partial charge in [-0.2, -0.15) is 5.26 Å². The molecule has 0 saturated heterocycles. The monoisotopic (exact) mass is 260 g/mol. The minimum atomic E-state index is -1.06. The molecule has 0 aliphatic rings. The number of rotatable bonds is 3. The van der Waals surface area contributed by atoms with E-state index in [9.17, 15) is 4.79 Å². The van der Waals surface area contributed by atoms with Crippen LogP contribution in [0.15, 0.2) is 23.6 Å². The predicted octanol–water partition coefficient (Wildman–Crippen LogP) is 2.39. The Bertz CT molecular complexity index is 643. The van der Waals surface area contributed by atoms with Crippen LogP contribution in [-0.2, 0) is 0 Å². The largest absolute Gasteiger partial charge is 0.495 e. The maximum absolute atomic E-state index is 10.7. The zero-order chi connectivity index (χ0) is 13.1. The summed E-state index contributed by atoms with van der Waals surface area (Å²) in [4.78, 5) is 14.7. The number of carboxylic acid groups (broad SMARTS) is 1. The lowest BCUT2D eigenvalue weighted by atomic mass is 10.1. The highest BCUT2D eigenvalue weighted by Gasteiger charge is 2.12. The van der Waals surface area contributed by atoms with Crippen LogP contribution in [-0.4, -0.2) is 23.2 Å². The van der Waals surface area contributed by atoms with Gasteiger partial charge >= 0.3 is 5.97 Å². The molecule has 0 unspecified atom stereocenters. The van der Waals surface area contributed by atoms with Crippen molar-refractivity contribution in [3.63, 3.8) is 0 Å². The summed E-state index contributed by atoms with van der Waals surface area (Å²) in [5.41, 5.74) is 1.62. The van der Waals surface area contributed by atoms with Gasteiger partial charge in [-0.1, -0.05) is 0 Å². The van der Waals surface area contributed by atoms with Gasteiger partial charge < -0.3 is 9.84 Å². The first-order chi connectivity index (χ1) is 8.65. The Morgan fingerprint density at radius 1 is 1.56 bits per heavy atom. The fraction of sp³-hybridized carbons (Fsp3) is 0.0833. The Balaban J connectivity index is 2.45. The maximum atomic E-state index is 10.7. The van der Waals surface area contributed by atoms with Gasteiger partial charge in [0, 0.05) is 10.9 Å². The van der Waals surface area contributed by atoms with Crippen molar-refractivity contribution in [3.05, 3.63) is 34.2 Å². The van der Waals surface area contributed by atoms with Crippen molar-refractivity contribution in [1.82, 2.24) is 4.98 Å². The van der Waals surface area contributed by atoms with E-state index >= 15 is 0 Å². The quantitative estimate of drug-likeness (QED) is 0.916. The topological polar surface area (TPSA) is 83.2 Å². The van der Waals surface area contributed by atoms with Crippen LogP contribution in [0.5, 0.6) is 5.75 Å². The summed E-state index contributed by atoms with van der Waals surface area (Å²) in [7, 11) is 1.49. The molecule has 0 radical (unpaired) electrons. The van der Waals surface area contributed by atoms with Crippen LogP contribution in [0, 0.1) is 11.3 Å². The van der Waals surface area contributed by atoms with Crippen LogP contribution in [0.2, 0.25) is 0 Å². The third-order valence-corrected chi connectivity index (χ3v) is 3.13. The van der Waals surface area contributed by atoms with Crippen LogP contribution in [0.25, 0.3) is 11.3 Å². The van der Waals surface area contributed by atoms with E-state index < -0.39 is 5.97 Å². The molecule has 2 aromatic rings. The fourth-order valence-corrected chi connectivity index (χ4v) is 2.12. The van der Waals surface area contributed by atoms with Crippen LogP contribution in [0.1, 0.15) is 15.4 Å². The number of aromatic carboxylic acids is 1. The molecule has 90 valence electrons. The third-order valence-electron chi connectivity index (χ3n) is 2.30. The van der Waals surface area contributed by atoms with Gasteiger partial charge in [-0.15, -0.1) is 11.3 Å². The van der Waals surface area contributed by atoms with Gasteiger partial charge in [-0.3, -0.25) is 0 Å². The number of benzene rings is 1. The lowest BCUT2D eigenvalue weighted by Crippen LogP contribution is -1.94. The second-order valence-corrected chi connectivity index (χ2v) is 4.23. The number of thiazole rings is 1. The number of hydrogen-bond donors (Lipinski definition) is 1. The van der Waals surface area contributed by atoms with Crippen molar-refractivity contribution in [2.45, 2.75) is 0 Å². The smallest absolute Gasteiger partial charge is 0.365 e. The Morgan fingerprint density at radius 2 is 2.33 bits per heavy atom. The molecule has 0 saturated carbocycles. The molecule has 0 amide bonds.